The molecular weight excluding hydrogens is 413 g/mol. The third-order valence-electron chi connectivity index (χ3n) is 4.14. The van der Waals surface area contributed by atoms with E-state index in [9.17, 15) is 4.79 Å². The average molecular weight is 431 g/mol. The van der Waals surface area contributed by atoms with Gasteiger partial charge in [-0.2, -0.15) is 0 Å². The summed E-state index contributed by atoms with van der Waals surface area (Å²) in [6, 6.07) is 9.18. The number of fused-ring (bicyclic) bond motifs is 1. The molecule has 0 bridgehead atoms. The Labute approximate surface area is 159 Å². The highest BCUT2D eigenvalue weighted by Crippen LogP contribution is 2.37. The first kappa shape index (κ1) is 17.6. The Bertz CT molecular complexity index is 734. The molecule has 128 valence electrons. The number of carbonyl (C=O) groups is 1. The zero-order valence-electron chi connectivity index (χ0n) is 13.0. The minimum atomic E-state index is -0.220. The number of halogens is 3. The highest BCUT2D eigenvalue weighted by Gasteiger charge is 2.33. The quantitative estimate of drug-likeness (QED) is 0.554. The lowest BCUT2D eigenvalue weighted by Gasteiger charge is -2.37. The van der Waals surface area contributed by atoms with Gasteiger partial charge in [-0.1, -0.05) is 45.2 Å². The second kappa shape index (κ2) is 7.81. The number of hydrogen-bond acceptors (Lipinski definition) is 1. The van der Waals surface area contributed by atoms with Crippen molar-refractivity contribution in [3.8, 4) is 0 Å². The van der Waals surface area contributed by atoms with Crippen LogP contribution in [0.2, 0.25) is 10.0 Å². The van der Waals surface area contributed by atoms with E-state index in [1.807, 2.05) is 35.4 Å². The van der Waals surface area contributed by atoms with Crippen molar-refractivity contribution in [3.63, 3.8) is 0 Å². The van der Waals surface area contributed by atoms with E-state index < -0.39 is 0 Å². The Kier molecular flexibility index (Phi) is 5.74. The van der Waals surface area contributed by atoms with Crippen molar-refractivity contribution in [2.75, 3.05) is 18.4 Å². The van der Waals surface area contributed by atoms with Crippen molar-refractivity contribution in [3.05, 3.63) is 57.8 Å². The summed E-state index contributed by atoms with van der Waals surface area (Å²) in [5.41, 5.74) is 1.94. The smallest absolute Gasteiger partial charge is 0.318 e. The summed E-state index contributed by atoms with van der Waals surface area (Å²) < 4.78 is 2.16. The van der Waals surface area contributed by atoms with Crippen LogP contribution < -0.4 is 5.32 Å². The fourth-order valence-corrected chi connectivity index (χ4v) is 3.81. The van der Waals surface area contributed by atoms with Crippen LogP contribution in [0, 0.1) is 0 Å². The number of carbonyl (C=O) groups excluding carboxylic acids is 1. The molecule has 0 fully saturated rings. The first-order chi connectivity index (χ1) is 11.6. The zero-order valence-corrected chi connectivity index (χ0v) is 16.1. The second-order valence-electron chi connectivity index (χ2n) is 5.66. The third-order valence-corrected chi connectivity index (χ3v) is 5.27. The van der Waals surface area contributed by atoms with Gasteiger partial charge in [-0.05, 0) is 36.2 Å². The predicted molar refractivity (Wildman–Crippen MR) is 101 cm³/mol. The van der Waals surface area contributed by atoms with Crippen LogP contribution in [0.3, 0.4) is 0 Å². The van der Waals surface area contributed by atoms with Gasteiger partial charge in [0.15, 0.2) is 0 Å². The molecular formula is C17H18BrCl2N3O. The monoisotopic (exact) mass is 429 g/mol. The highest BCUT2D eigenvalue weighted by molar-refractivity contribution is 9.09. The van der Waals surface area contributed by atoms with E-state index in [0.29, 0.717) is 23.1 Å². The van der Waals surface area contributed by atoms with Gasteiger partial charge in [-0.25, -0.2) is 4.79 Å². The second-order valence-corrected chi connectivity index (χ2v) is 7.30. The van der Waals surface area contributed by atoms with E-state index in [2.05, 4.69) is 25.8 Å². The number of aromatic nitrogens is 1. The molecule has 1 unspecified atom stereocenters. The van der Waals surface area contributed by atoms with E-state index >= 15 is 0 Å². The molecule has 0 radical (unpaired) electrons. The Hall–Kier alpha value is -1.17. The molecule has 2 heterocycles. The fraction of sp³-hybridized carbons (Fsp3) is 0.353. The molecule has 1 aromatic heterocycles. The summed E-state index contributed by atoms with van der Waals surface area (Å²) >= 11 is 15.8. The van der Waals surface area contributed by atoms with Crippen molar-refractivity contribution in [2.45, 2.75) is 19.0 Å². The topological polar surface area (TPSA) is 37.3 Å². The number of amides is 2. The van der Waals surface area contributed by atoms with Gasteiger partial charge in [-0.3, -0.25) is 0 Å². The van der Waals surface area contributed by atoms with Crippen molar-refractivity contribution in [1.29, 1.82) is 0 Å². The van der Waals surface area contributed by atoms with E-state index in [0.717, 1.165) is 29.6 Å². The van der Waals surface area contributed by atoms with Crippen LogP contribution in [0.4, 0.5) is 4.79 Å². The SMILES string of the molecule is O=C(NCCCBr)N1CCn2cccc2C1c1ccc(Cl)cc1Cl. The molecule has 4 nitrogen and oxygen atoms in total. The molecule has 0 aliphatic carbocycles. The Balaban J connectivity index is 1.95. The van der Waals surface area contributed by atoms with E-state index in [1.165, 1.54) is 0 Å². The Morgan fingerprint density at radius 2 is 2.12 bits per heavy atom. The van der Waals surface area contributed by atoms with Crippen LogP contribution in [0.5, 0.6) is 0 Å². The van der Waals surface area contributed by atoms with Crippen molar-refractivity contribution < 1.29 is 4.79 Å². The molecule has 1 atom stereocenters. The molecule has 2 amide bonds. The lowest BCUT2D eigenvalue weighted by molar-refractivity contribution is 0.169. The molecule has 0 spiro atoms. The molecule has 2 aromatic rings. The molecule has 24 heavy (non-hydrogen) atoms. The lowest BCUT2D eigenvalue weighted by atomic mass is 10.00. The molecule has 1 N–H and O–H groups in total. The van der Waals surface area contributed by atoms with Crippen molar-refractivity contribution >= 4 is 45.2 Å². The first-order valence-corrected chi connectivity index (χ1v) is 9.70. The van der Waals surface area contributed by atoms with Crippen LogP contribution >= 0.6 is 39.1 Å². The summed E-state index contributed by atoms with van der Waals surface area (Å²) in [6.07, 6.45) is 2.93. The lowest BCUT2D eigenvalue weighted by Crippen LogP contribution is -2.47. The van der Waals surface area contributed by atoms with Crippen LogP contribution in [0.1, 0.15) is 23.7 Å². The summed E-state index contributed by atoms with van der Waals surface area (Å²) in [4.78, 5) is 14.5. The Morgan fingerprint density at radius 1 is 1.29 bits per heavy atom. The van der Waals surface area contributed by atoms with E-state index in [4.69, 9.17) is 23.2 Å². The minimum absolute atomic E-state index is 0.0700. The first-order valence-electron chi connectivity index (χ1n) is 7.82. The summed E-state index contributed by atoms with van der Waals surface area (Å²) in [7, 11) is 0. The standard InChI is InChI=1S/C17H18BrCl2N3O/c18-6-2-7-21-17(24)23-10-9-22-8-1-3-15(22)16(23)13-5-4-12(19)11-14(13)20/h1,3-5,8,11,16H,2,6-7,9-10H2,(H,21,24). The largest absolute Gasteiger partial charge is 0.348 e. The maximum absolute atomic E-state index is 12.7. The summed E-state index contributed by atoms with van der Waals surface area (Å²) in [5, 5.41) is 5.01. The fourth-order valence-electron chi connectivity index (χ4n) is 3.02. The summed E-state index contributed by atoms with van der Waals surface area (Å²) in [5.74, 6) is 0. The zero-order chi connectivity index (χ0) is 17.1. The van der Waals surface area contributed by atoms with Crippen molar-refractivity contribution in [2.24, 2.45) is 0 Å². The molecule has 1 aliphatic rings. The molecule has 7 heteroatoms. The predicted octanol–water partition coefficient (Wildman–Crippen LogP) is 4.69. The van der Waals surface area contributed by atoms with E-state index in [-0.39, 0.29) is 12.1 Å². The molecule has 0 saturated heterocycles. The highest BCUT2D eigenvalue weighted by atomic mass is 79.9. The number of benzene rings is 1. The van der Waals surface area contributed by atoms with Crippen LogP contribution in [0.15, 0.2) is 36.5 Å². The minimum Gasteiger partial charge on any atom is -0.348 e. The number of rotatable bonds is 4. The molecule has 3 rings (SSSR count). The molecule has 1 aromatic carbocycles. The number of alkyl halides is 1. The van der Waals surface area contributed by atoms with Crippen LogP contribution in [-0.2, 0) is 6.54 Å². The number of urea groups is 1. The van der Waals surface area contributed by atoms with Gasteiger partial charge in [0.2, 0.25) is 0 Å². The average Bonchev–Trinajstić information content (AvgIpc) is 3.03. The van der Waals surface area contributed by atoms with Gasteiger partial charge in [0.1, 0.15) is 6.04 Å². The summed E-state index contributed by atoms with van der Waals surface area (Å²) in [6.45, 7) is 2.05. The van der Waals surface area contributed by atoms with Gasteiger partial charge >= 0.3 is 6.03 Å². The van der Waals surface area contributed by atoms with Gasteiger partial charge < -0.3 is 14.8 Å². The van der Waals surface area contributed by atoms with Crippen LogP contribution in [0.25, 0.3) is 0 Å². The molecule has 0 saturated carbocycles. The normalized spacial score (nSPS) is 16.8. The Morgan fingerprint density at radius 3 is 2.88 bits per heavy atom. The number of hydrogen-bond donors (Lipinski definition) is 1. The van der Waals surface area contributed by atoms with E-state index in [1.54, 1.807) is 6.07 Å². The molecule has 1 aliphatic heterocycles. The number of nitrogens with one attached hydrogen (secondary N) is 1. The van der Waals surface area contributed by atoms with Gasteiger partial charge in [0, 0.05) is 46.9 Å². The van der Waals surface area contributed by atoms with Gasteiger partial charge in [0.05, 0.1) is 0 Å². The van der Waals surface area contributed by atoms with Crippen LogP contribution in [-0.4, -0.2) is 33.9 Å². The maximum atomic E-state index is 12.7. The maximum Gasteiger partial charge on any atom is 0.318 e. The number of nitrogens with zero attached hydrogens (tertiary/aromatic N) is 2. The van der Waals surface area contributed by atoms with Crippen molar-refractivity contribution in [1.82, 2.24) is 14.8 Å². The third kappa shape index (κ3) is 3.58. The van der Waals surface area contributed by atoms with Gasteiger partial charge in [-0.15, -0.1) is 0 Å². The van der Waals surface area contributed by atoms with Gasteiger partial charge in [0.25, 0.3) is 0 Å².